The molecule has 0 bridgehead atoms. The Morgan fingerprint density at radius 2 is 2.16 bits per heavy atom. The number of hydrogen-bond donors (Lipinski definition) is 2. The van der Waals surface area contributed by atoms with Crippen molar-refractivity contribution in [3.05, 3.63) is 35.5 Å². The number of anilines is 1. The molecular formula is C13H10N2O4. The van der Waals surface area contributed by atoms with Crippen LogP contribution in [0.3, 0.4) is 0 Å². The van der Waals surface area contributed by atoms with Crippen molar-refractivity contribution in [1.82, 2.24) is 5.16 Å². The smallest absolute Gasteiger partial charge is 0.358 e. The van der Waals surface area contributed by atoms with Crippen LogP contribution >= 0.6 is 0 Å². The number of nitrogens with one attached hydrogen (secondary N) is 1. The van der Waals surface area contributed by atoms with Crippen LogP contribution < -0.4 is 5.32 Å². The fraction of sp³-hybridized carbons (Fsp3) is 0.154. The molecule has 6 heteroatoms. The van der Waals surface area contributed by atoms with E-state index >= 15 is 0 Å². The largest absolute Gasteiger partial charge is 0.476 e. The maximum absolute atomic E-state index is 11.3. The van der Waals surface area contributed by atoms with Gasteiger partial charge in [0.05, 0.1) is 0 Å². The molecule has 96 valence electrons. The number of amides is 1. The van der Waals surface area contributed by atoms with Crippen LogP contribution in [-0.4, -0.2) is 22.1 Å². The molecule has 1 aromatic heterocycles. The quantitative estimate of drug-likeness (QED) is 0.858. The van der Waals surface area contributed by atoms with E-state index in [1.54, 1.807) is 12.1 Å². The Labute approximate surface area is 108 Å². The molecule has 1 amide bonds. The standard InChI is InChI=1S/C13H10N2O4/c16-12-4-2-7-5-8(1-3-9(7)14-12)11-6-10(13(17)18)15-19-11/h1,3,5-6H,2,4H2,(H,14,16)(H,17,18). The normalized spacial score (nSPS) is 13.8. The molecule has 0 radical (unpaired) electrons. The molecule has 0 spiro atoms. The maximum atomic E-state index is 11.3. The predicted molar refractivity (Wildman–Crippen MR) is 65.8 cm³/mol. The van der Waals surface area contributed by atoms with Crippen molar-refractivity contribution in [3.63, 3.8) is 0 Å². The summed E-state index contributed by atoms with van der Waals surface area (Å²) in [6, 6.07) is 6.80. The molecule has 0 atom stereocenters. The highest BCUT2D eigenvalue weighted by molar-refractivity contribution is 5.94. The molecule has 2 aromatic rings. The molecule has 0 aliphatic carbocycles. The second-order valence-electron chi connectivity index (χ2n) is 4.30. The van der Waals surface area contributed by atoms with Gasteiger partial charge in [0.1, 0.15) is 0 Å². The van der Waals surface area contributed by atoms with Gasteiger partial charge in [-0.15, -0.1) is 0 Å². The highest BCUT2D eigenvalue weighted by atomic mass is 16.5. The molecule has 2 heterocycles. The number of fused-ring (bicyclic) bond motifs is 1. The maximum Gasteiger partial charge on any atom is 0.358 e. The van der Waals surface area contributed by atoms with Gasteiger partial charge in [-0.2, -0.15) is 0 Å². The fourth-order valence-corrected chi connectivity index (χ4v) is 2.05. The number of aryl methyl sites for hydroxylation is 1. The summed E-state index contributed by atoms with van der Waals surface area (Å²) < 4.78 is 5.01. The fourth-order valence-electron chi connectivity index (χ4n) is 2.05. The second kappa shape index (κ2) is 4.24. The van der Waals surface area contributed by atoms with Crippen LogP contribution in [0.4, 0.5) is 5.69 Å². The summed E-state index contributed by atoms with van der Waals surface area (Å²) in [6.07, 6.45) is 1.11. The lowest BCUT2D eigenvalue weighted by Crippen LogP contribution is -2.18. The number of carboxylic acids is 1. The highest BCUT2D eigenvalue weighted by Crippen LogP contribution is 2.29. The SMILES string of the molecule is O=C1CCc2cc(-c3cc(C(=O)O)no3)ccc2N1. The molecule has 1 aromatic carbocycles. The van der Waals surface area contributed by atoms with E-state index in [2.05, 4.69) is 10.5 Å². The molecule has 1 aliphatic heterocycles. The van der Waals surface area contributed by atoms with Crippen LogP contribution in [0.5, 0.6) is 0 Å². The lowest BCUT2D eigenvalue weighted by atomic mass is 9.99. The Kier molecular flexibility index (Phi) is 2.56. The first-order chi connectivity index (χ1) is 9.13. The third-order valence-electron chi connectivity index (χ3n) is 3.01. The van der Waals surface area contributed by atoms with Crippen molar-refractivity contribution in [2.45, 2.75) is 12.8 Å². The minimum Gasteiger partial charge on any atom is -0.476 e. The number of carboxylic acid groups (broad SMARTS) is 1. The topological polar surface area (TPSA) is 92.4 Å². The van der Waals surface area contributed by atoms with Crippen molar-refractivity contribution in [3.8, 4) is 11.3 Å². The van der Waals surface area contributed by atoms with Gasteiger partial charge < -0.3 is 14.9 Å². The van der Waals surface area contributed by atoms with Crippen molar-refractivity contribution >= 4 is 17.6 Å². The summed E-state index contributed by atoms with van der Waals surface area (Å²) in [5, 5.41) is 15.1. The van der Waals surface area contributed by atoms with Gasteiger partial charge in [-0.3, -0.25) is 4.79 Å². The van der Waals surface area contributed by atoms with Crippen LogP contribution in [0.1, 0.15) is 22.5 Å². The van der Waals surface area contributed by atoms with E-state index in [0.29, 0.717) is 18.6 Å². The number of hydrogen-bond acceptors (Lipinski definition) is 4. The second-order valence-corrected chi connectivity index (χ2v) is 4.30. The van der Waals surface area contributed by atoms with Gasteiger partial charge in [-0.1, -0.05) is 5.16 Å². The summed E-state index contributed by atoms with van der Waals surface area (Å²) in [6.45, 7) is 0. The molecule has 1 aliphatic rings. The monoisotopic (exact) mass is 258 g/mol. The van der Waals surface area contributed by atoms with Crippen molar-refractivity contribution in [1.29, 1.82) is 0 Å². The van der Waals surface area contributed by atoms with Crippen molar-refractivity contribution in [2.75, 3.05) is 5.32 Å². The van der Waals surface area contributed by atoms with E-state index in [1.165, 1.54) is 6.07 Å². The van der Waals surface area contributed by atoms with Crippen LogP contribution in [0.25, 0.3) is 11.3 Å². The zero-order valence-electron chi connectivity index (χ0n) is 9.84. The zero-order valence-corrected chi connectivity index (χ0v) is 9.84. The first-order valence-electron chi connectivity index (χ1n) is 5.76. The van der Waals surface area contributed by atoms with Gasteiger partial charge in [-0.05, 0) is 30.2 Å². The zero-order chi connectivity index (χ0) is 13.4. The predicted octanol–water partition coefficient (Wildman–Crippen LogP) is 1.92. The van der Waals surface area contributed by atoms with E-state index in [4.69, 9.17) is 9.63 Å². The lowest BCUT2D eigenvalue weighted by Gasteiger charge is -2.16. The molecule has 0 unspecified atom stereocenters. The Morgan fingerprint density at radius 3 is 2.89 bits per heavy atom. The van der Waals surface area contributed by atoms with Gasteiger partial charge in [-0.25, -0.2) is 4.79 Å². The Bertz CT molecular complexity index is 675. The van der Waals surface area contributed by atoms with Gasteiger partial charge >= 0.3 is 5.97 Å². The summed E-state index contributed by atoms with van der Waals surface area (Å²) in [7, 11) is 0. The highest BCUT2D eigenvalue weighted by Gasteiger charge is 2.17. The molecule has 0 saturated heterocycles. The Balaban J connectivity index is 1.97. The van der Waals surface area contributed by atoms with Crippen LogP contribution in [-0.2, 0) is 11.2 Å². The van der Waals surface area contributed by atoms with Crippen LogP contribution in [0.2, 0.25) is 0 Å². The number of nitrogens with zero attached hydrogens (tertiary/aromatic N) is 1. The third-order valence-corrected chi connectivity index (χ3v) is 3.01. The van der Waals surface area contributed by atoms with E-state index in [0.717, 1.165) is 16.8 Å². The molecule has 6 nitrogen and oxygen atoms in total. The van der Waals surface area contributed by atoms with Crippen molar-refractivity contribution < 1.29 is 19.2 Å². The number of benzene rings is 1. The number of carbonyl (C=O) groups is 2. The molecule has 19 heavy (non-hydrogen) atoms. The number of aromatic carboxylic acids is 1. The van der Waals surface area contributed by atoms with E-state index in [1.807, 2.05) is 6.07 Å². The average molecular weight is 258 g/mol. The first-order valence-corrected chi connectivity index (χ1v) is 5.76. The first kappa shape index (κ1) is 11.5. The van der Waals surface area contributed by atoms with Crippen LogP contribution in [0.15, 0.2) is 28.8 Å². The minimum atomic E-state index is -1.12. The number of aromatic nitrogens is 1. The van der Waals surface area contributed by atoms with Gasteiger partial charge in [0.2, 0.25) is 5.91 Å². The summed E-state index contributed by atoms with van der Waals surface area (Å²) in [5.41, 5.74) is 2.42. The van der Waals surface area contributed by atoms with E-state index < -0.39 is 5.97 Å². The molecule has 2 N–H and O–H groups in total. The Hall–Kier alpha value is -2.63. The number of rotatable bonds is 2. The molecule has 0 saturated carbocycles. The lowest BCUT2D eigenvalue weighted by molar-refractivity contribution is -0.116. The van der Waals surface area contributed by atoms with Gasteiger partial charge in [0.25, 0.3) is 0 Å². The minimum absolute atomic E-state index is 0.00748. The molecule has 0 fully saturated rings. The molecular weight excluding hydrogens is 248 g/mol. The summed E-state index contributed by atoms with van der Waals surface area (Å²) in [4.78, 5) is 22.0. The third kappa shape index (κ3) is 2.08. The Morgan fingerprint density at radius 1 is 1.32 bits per heavy atom. The van der Waals surface area contributed by atoms with E-state index in [-0.39, 0.29) is 11.6 Å². The van der Waals surface area contributed by atoms with Crippen LogP contribution in [0, 0.1) is 0 Å². The number of carbonyl (C=O) groups excluding carboxylic acids is 1. The molecule has 3 rings (SSSR count). The van der Waals surface area contributed by atoms with E-state index in [9.17, 15) is 9.59 Å². The van der Waals surface area contributed by atoms with Crippen molar-refractivity contribution in [2.24, 2.45) is 0 Å². The van der Waals surface area contributed by atoms with Gasteiger partial charge in [0, 0.05) is 23.7 Å². The average Bonchev–Trinajstić information content (AvgIpc) is 2.88. The summed E-state index contributed by atoms with van der Waals surface area (Å²) >= 11 is 0. The summed E-state index contributed by atoms with van der Waals surface area (Å²) in [5.74, 6) is -0.717. The van der Waals surface area contributed by atoms with Gasteiger partial charge in [0.15, 0.2) is 11.5 Å².